The Labute approximate surface area is 169 Å². The normalized spacial score (nSPS) is 10.8. The molecule has 0 radical (unpaired) electrons. The number of nitrogens with zero attached hydrogens (tertiary/aromatic N) is 2. The van der Waals surface area contributed by atoms with E-state index in [4.69, 9.17) is 18.7 Å². The van der Waals surface area contributed by atoms with Gasteiger partial charge in [0.05, 0.1) is 7.11 Å². The van der Waals surface area contributed by atoms with Crippen LogP contribution >= 0.6 is 0 Å². The highest BCUT2D eigenvalue weighted by atomic mass is 16.6. The van der Waals surface area contributed by atoms with Crippen molar-refractivity contribution in [2.24, 2.45) is 0 Å². The summed E-state index contributed by atoms with van der Waals surface area (Å²) in [5, 5.41) is 3.90. The highest BCUT2D eigenvalue weighted by molar-refractivity contribution is 5.71. The van der Waals surface area contributed by atoms with Crippen LogP contribution in [-0.4, -0.2) is 29.8 Å². The summed E-state index contributed by atoms with van der Waals surface area (Å²) >= 11 is 0. The Balaban J connectivity index is 1.51. The molecule has 0 amide bonds. The van der Waals surface area contributed by atoms with Gasteiger partial charge in [-0.25, -0.2) is 4.79 Å². The van der Waals surface area contributed by atoms with Gasteiger partial charge in [0.1, 0.15) is 11.5 Å². The predicted molar refractivity (Wildman–Crippen MR) is 107 cm³/mol. The Hall–Kier alpha value is -3.35. The van der Waals surface area contributed by atoms with Crippen LogP contribution in [0.1, 0.15) is 36.8 Å². The first kappa shape index (κ1) is 20.4. The van der Waals surface area contributed by atoms with E-state index in [0.29, 0.717) is 23.2 Å². The number of esters is 1. The Bertz CT molecular complexity index is 981. The summed E-state index contributed by atoms with van der Waals surface area (Å²) in [6, 6.07) is 13.1. The topological polar surface area (TPSA) is 83.7 Å². The Morgan fingerprint density at radius 3 is 2.69 bits per heavy atom. The molecule has 0 aliphatic carbocycles. The van der Waals surface area contributed by atoms with Crippen molar-refractivity contribution in [3.05, 3.63) is 59.5 Å². The van der Waals surface area contributed by atoms with Gasteiger partial charge in [-0.15, -0.1) is 0 Å². The van der Waals surface area contributed by atoms with Crippen molar-refractivity contribution in [2.75, 3.05) is 13.7 Å². The zero-order valence-electron chi connectivity index (χ0n) is 17.0. The van der Waals surface area contributed by atoms with Gasteiger partial charge in [-0.2, -0.15) is 4.98 Å². The zero-order chi connectivity index (χ0) is 20.8. The van der Waals surface area contributed by atoms with Crippen LogP contribution < -0.4 is 9.47 Å². The highest BCUT2D eigenvalue weighted by Gasteiger charge is 2.13. The third kappa shape index (κ3) is 5.34. The molecule has 0 bridgehead atoms. The van der Waals surface area contributed by atoms with Crippen LogP contribution in [0, 0.1) is 6.92 Å². The van der Waals surface area contributed by atoms with Crippen LogP contribution in [-0.2, 0) is 16.1 Å². The summed E-state index contributed by atoms with van der Waals surface area (Å²) in [5.41, 5.74) is 3.12. The second-order valence-electron chi connectivity index (χ2n) is 6.87. The standard InChI is InChI=1S/C22H24N2O5/c1-14(2)19-9-8-18(10-15(19)3)27-13-21(25)28-12-20-23-22(24-29-20)16-6-5-7-17(11-16)26-4/h5-11,14H,12-13H2,1-4H3. The fourth-order valence-electron chi connectivity index (χ4n) is 2.90. The highest BCUT2D eigenvalue weighted by Crippen LogP contribution is 2.24. The maximum absolute atomic E-state index is 12.0. The van der Waals surface area contributed by atoms with Gasteiger partial charge in [0, 0.05) is 5.56 Å². The summed E-state index contributed by atoms with van der Waals surface area (Å²) in [4.78, 5) is 16.2. The van der Waals surface area contributed by atoms with Crippen molar-refractivity contribution >= 4 is 5.97 Å². The van der Waals surface area contributed by atoms with E-state index < -0.39 is 5.97 Å². The van der Waals surface area contributed by atoms with Crippen LogP contribution in [0.25, 0.3) is 11.4 Å². The van der Waals surface area contributed by atoms with E-state index in [1.54, 1.807) is 13.2 Å². The molecule has 0 aliphatic rings. The average molecular weight is 396 g/mol. The third-order valence-corrected chi connectivity index (χ3v) is 4.37. The molecule has 0 aliphatic heterocycles. The molecule has 7 heteroatoms. The molecule has 3 rings (SSSR count). The Morgan fingerprint density at radius 2 is 1.97 bits per heavy atom. The van der Waals surface area contributed by atoms with E-state index in [9.17, 15) is 4.79 Å². The third-order valence-electron chi connectivity index (χ3n) is 4.37. The minimum absolute atomic E-state index is 0.121. The summed E-state index contributed by atoms with van der Waals surface area (Å²) in [7, 11) is 1.59. The zero-order valence-corrected chi connectivity index (χ0v) is 17.0. The van der Waals surface area contributed by atoms with Crippen LogP contribution in [0.3, 0.4) is 0 Å². The van der Waals surface area contributed by atoms with Crippen molar-refractivity contribution < 1.29 is 23.5 Å². The summed E-state index contributed by atoms with van der Waals surface area (Å²) in [5.74, 6) is 1.83. The molecule has 1 heterocycles. The fourth-order valence-corrected chi connectivity index (χ4v) is 2.90. The molecule has 0 saturated heterocycles. The number of aryl methyl sites for hydroxylation is 1. The molecule has 0 spiro atoms. The second-order valence-corrected chi connectivity index (χ2v) is 6.87. The number of ether oxygens (including phenoxy) is 3. The first-order valence-electron chi connectivity index (χ1n) is 9.32. The van der Waals surface area contributed by atoms with E-state index in [0.717, 1.165) is 11.1 Å². The van der Waals surface area contributed by atoms with Gasteiger partial charge in [0.2, 0.25) is 5.82 Å². The molecular formula is C22H24N2O5. The van der Waals surface area contributed by atoms with Gasteiger partial charge < -0.3 is 18.7 Å². The number of hydrogen-bond donors (Lipinski definition) is 0. The molecule has 152 valence electrons. The SMILES string of the molecule is COc1cccc(-c2noc(COC(=O)COc3ccc(C(C)C)c(C)c3)n2)c1. The van der Waals surface area contributed by atoms with E-state index >= 15 is 0 Å². The maximum Gasteiger partial charge on any atom is 0.344 e. The van der Waals surface area contributed by atoms with Gasteiger partial charge in [-0.3, -0.25) is 0 Å². The number of hydrogen-bond acceptors (Lipinski definition) is 7. The van der Waals surface area contributed by atoms with Crippen LogP contribution in [0.4, 0.5) is 0 Å². The van der Waals surface area contributed by atoms with Crippen molar-refractivity contribution in [2.45, 2.75) is 33.3 Å². The first-order valence-corrected chi connectivity index (χ1v) is 9.32. The lowest BCUT2D eigenvalue weighted by molar-refractivity contribution is -0.148. The van der Waals surface area contributed by atoms with E-state index in [1.807, 2.05) is 43.3 Å². The molecule has 0 atom stereocenters. The van der Waals surface area contributed by atoms with E-state index in [-0.39, 0.29) is 19.1 Å². The second kappa shape index (κ2) is 9.23. The van der Waals surface area contributed by atoms with Crippen LogP contribution in [0.5, 0.6) is 11.5 Å². The largest absolute Gasteiger partial charge is 0.497 e. The molecule has 29 heavy (non-hydrogen) atoms. The van der Waals surface area contributed by atoms with Crippen molar-refractivity contribution in [1.29, 1.82) is 0 Å². The van der Waals surface area contributed by atoms with Gasteiger partial charge in [-0.05, 0) is 48.2 Å². The number of benzene rings is 2. The number of methoxy groups -OCH3 is 1. The molecule has 7 nitrogen and oxygen atoms in total. The van der Waals surface area contributed by atoms with Gasteiger partial charge in [-0.1, -0.05) is 37.2 Å². The summed E-state index contributed by atoms with van der Waals surface area (Å²) in [6.07, 6.45) is 0. The fraction of sp³-hybridized carbons (Fsp3) is 0.318. The Kier molecular flexibility index (Phi) is 6.49. The Morgan fingerprint density at radius 1 is 1.14 bits per heavy atom. The van der Waals surface area contributed by atoms with Gasteiger partial charge in [0.25, 0.3) is 5.89 Å². The predicted octanol–water partition coefficient (Wildman–Crippen LogP) is 4.30. The number of rotatable bonds is 8. The molecule has 1 aromatic heterocycles. The molecule has 0 unspecified atom stereocenters. The molecule has 0 N–H and O–H groups in total. The lowest BCUT2D eigenvalue weighted by atomic mass is 9.98. The maximum atomic E-state index is 12.0. The summed E-state index contributed by atoms with van der Waals surface area (Å²) < 4.78 is 21.0. The van der Waals surface area contributed by atoms with Gasteiger partial charge >= 0.3 is 5.97 Å². The number of aromatic nitrogens is 2. The lowest BCUT2D eigenvalue weighted by Crippen LogP contribution is -2.15. The van der Waals surface area contributed by atoms with E-state index in [2.05, 4.69) is 24.0 Å². The van der Waals surface area contributed by atoms with Crippen molar-refractivity contribution in [1.82, 2.24) is 10.1 Å². The minimum atomic E-state index is -0.517. The van der Waals surface area contributed by atoms with Crippen molar-refractivity contribution in [3.8, 4) is 22.9 Å². The lowest BCUT2D eigenvalue weighted by Gasteiger charge is -2.12. The molecule has 3 aromatic rings. The van der Waals surface area contributed by atoms with Crippen molar-refractivity contribution in [3.63, 3.8) is 0 Å². The number of carbonyl (C=O) groups is 1. The van der Waals surface area contributed by atoms with Crippen LogP contribution in [0.2, 0.25) is 0 Å². The number of carbonyl (C=O) groups excluding carboxylic acids is 1. The molecular weight excluding hydrogens is 372 g/mol. The minimum Gasteiger partial charge on any atom is -0.497 e. The quantitative estimate of drug-likeness (QED) is 0.525. The summed E-state index contributed by atoms with van der Waals surface area (Å²) in [6.45, 7) is 5.98. The van der Waals surface area contributed by atoms with Gasteiger partial charge in [0.15, 0.2) is 13.2 Å². The molecule has 0 fully saturated rings. The monoisotopic (exact) mass is 396 g/mol. The van der Waals surface area contributed by atoms with Crippen LogP contribution in [0.15, 0.2) is 47.0 Å². The molecule has 0 saturated carbocycles. The average Bonchev–Trinajstić information content (AvgIpc) is 3.19. The molecule has 2 aromatic carbocycles. The first-order chi connectivity index (χ1) is 14.0. The smallest absolute Gasteiger partial charge is 0.344 e. The van der Waals surface area contributed by atoms with E-state index in [1.165, 1.54) is 5.56 Å².